The van der Waals surface area contributed by atoms with Gasteiger partial charge in [0.15, 0.2) is 0 Å². The first-order valence-electron chi connectivity index (χ1n) is 2.79. The molecule has 2 atom stereocenters. The summed E-state index contributed by atoms with van der Waals surface area (Å²) in [6.45, 7) is 0. The summed E-state index contributed by atoms with van der Waals surface area (Å²) >= 11 is 16.2. The Morgan fingerprint density at radius 1 is 1.42 bits per heavy atom. The number of alkyl halides is 3. The number of rotatable bonds is 0. The molecule has 0 N–H and O–H groups in total. The molecule has 1 aliphatic rings. The van der Waals surface area contributed by atoms with Crippen LogP contribution in [0.25, 0.3) is 0 Å². The van der Waals surface area contributed by atoms with Crippen molar-refractivity contribution in [2.24, 2.45) is 0 Å². The van der Waals surface area contributed by atoms with E-state index in [9.17, 15) is 4.79 Å². The van der Waals surface area contributed by atoms with Gasteiger partial charge in [0.25, 0.3) is 0 Å². The number of halogens is 3. The Bertz CT molecular complexity index is 243. The molecule has 1 saturated heterocycles. The van der Waals surface area contributed by atoms with Gasteiger partial charge >= 0.3 is 6.16 Å². The Morgan fingerprint density at radius 3 is 2.33 bits per heavy atom. The van der Waals surface area contributed by atoms with E-state index in [2.05, 4.69) is 9.47 Å². The lowest BCUT2D eigenvalue weighted by atomic mass is 10.2. The first kappa shape index (κ1) is 9.72. The molecule has 0 aromatic rings. The van der Waals surface area contributed by atoms with Gasteiger partial charge in [-0.25, -0.2) is 4.79 Å². The van der Waals surface area contributed by atoms with E-state index in [0.717, 1.165) is 0 Å². The Hall–Kier alpha value is -0.370. The molecule has 0 bridgehead atoms. The fourth-order valence-electron chi connectivity index (χ4n) is 0.691. The van der Waals surface area contributed by atoms with Gasteiger partial charge in [-0.2, -0.15) is 5.26 Å². The molecule has 0 saturated carbocycles. The van der Waals surface area contributed by atoms with Crippen molar-refractivity contribution >= 4 is 41.0 Å². The van der Waals surface area contributed by atoms with E-state index in [0.29, 0.717) is 0 Å². The van der Waals surface area contributed by atoms with Crippen LogP contribution in [0, 0.1) is 11.3 Å². The zero-order valence-corrected chi connectivity index (χ0v) is 7.73. The SMILES string of the molecule is N#C[C@@H]1OC(=O)O[C@@H]1C(Cl)(Cl)Cl. The second-order valence-electron chi connectivity index (χ2n) is 2.00. The number of cyclic esters (lactones) is 2. The van der Waals surface area contributed by atoms with Gasteiger partial charge in [-0.05, 0) is 0 Å². The van der Waals surface area contributed by atoms with Crippen molar-refractivity contribution in [2.75, 3.05) is 0 Å². The highest BCUT2D eigenvalue weighted by molar-refractivity contribution is 6.68. The van der Waals surface area contributed by atoms with Gasteiger partial charge in [-0.15, -0.1) is 0 Å². The van der Waals surface area contributed by atoms with Crippen LogP contribution in [0.5, 0.6) is 0 Å². The molecular weight excluding hydrogens is 228 g/mol. The normalized spacial score (nSPS) is 29.0. The lowest BCUT2D eigenvalue weighted by Crippen LogP contribution is -2.34. The summed E-state index contributed by atoms with van der Waals surface area (Å²) in [5, 5.41) is 8.43. The van der Waals surface area contributed by atoms with Crippen molar-refractivity contribution in [2.45, 2.75) is 16.0 Å². The Morgan fingerprint density at radius 2 is 2.00 bits per heavy atom. The summed E-state index contributed by atoms with van der Waals surface area (Å²) < 4.78 is 6.98. The molecular formula is C5H2Cl3NO3. The molecule has 7 heteroatoms. The largest absolute Gasteiger partial charge is 0.510 e. The van der Waals surface area contributed by atoms with Gasteiger partial charge in [-0.3, -0.25) is 0 Å². The van der Waals surface area contributed by atoms with Crippen LogP contribution in [-0.4, -0.2) is 22.2 Å². The van der Waals surface area contributed by atoms with Gasteiger partial charge in [-0.1, -0.05) is 34.8 Å². The number of ether oxygens (including phenoxy) is 2. The highest BCUT2D eigenvalue weighted by Gasteiger charge is 2.49. The molecule has 1 rings (SSSR count). The minimum atomic E-state index is -1.84. The Kier molecular flexibility index (Phi) is 2.57. The van der Waals surface area contributed by atoms with Crippen molar-refractivity contribution in [3.63, 3.8) is 0 Å². The molecule has 0 spiro atoms. The molecule has 0 aliphatic carbocycles. The van der Waals surface area contributed by atoms with Crippen molar-refractivity contribution in [1.82, 2.24) is 0 Å². The van der Waals surface area contributed by atoms with Crippen LogP contribution in [0.15, 0.2) is 0 Å². The number of carbonyl (C=O) groups is 1. The highest BCUT2D eigenvalue weighted by Crippen LogP contribution is 2.37. The smallest absolute Gasteiger partial charge is 0.421 e. The zero-order chi connectivity index (χ0) is 9.35. The molecule has 12 heavy (non-hydrogen) atoms. The van der Waals surface area contributed by atoms with Crippen LogP contribution in [0.3, 0.4) is 0 Å². The monoisotopic (exact) mass is 229 g/mol. The lowest BCUT2D eigenvalue weighted by Gasteiger charge is -2.17. The average molecular weight is 230 g/mol. The number of hydrogen-bond donors (Lipinski definition) is 0. The number of hydrogen-bond acceptors (Lipinski definition) is 4. The van der Waals surface area contributed by atoms with Crippen molar-refractivity contribution in [3.8, 4) is 6.07 Å². The van der Waals surface area contributed by atoms with E-state index in [1.165, 1.54) is 0 Å². The average Bonchev–Trinajstić information content (AvgIpc) is 2.29. The van der Waals surface area contributed by atoms with Gasteiger partial charge in [0.1, 0.15) is 6.07 Å². The molecule has 0 radical (unpaired) electrons. The van der Waals surface area contributed by atoms with Crippen LogP contribution >= 0.6 is 34.8 Å². The highest BCUT2D eigenvalue weighted by atomic mass is 35.6. The topological polar surface area (TPSA) is 59.3 Å². The number of nitriles is 1. The Balaban J connectivity index is 2.79. The third-order valence-electron chi connectivity index (χ3n) is 1.17. The van der Waals surface area contributed by atoms with Crippen LogP contribution in [-0.2, 0) is 9.47 Å². The zero-order valence-electron chi connectivity index (χ0n) is 5.46. The van der Waals surface area contributed by atoms with Crippen LogP contribution in [0.1, 0.15) is 0 Å². The van der Waals surface area contributed by atoms with Crippen LogP contribution < -0.4 is 0 Å². The third-order valence-corrected chi connectivity index (χ3v) is 1.82. The second-order valence-corrected chi connectivity index (χ2v) is 4.37. The van der Waals surface area contributed by atoms with Gasteiger partial charge in [0, 0.05) is 0 Å². The fourth-order valence-corrected chi connectivity index (χ4v) is 1.17. The summed E-state index contributed by atoms with van der Waals surface area (Å²) in [5.41, 5.74) is 0. The van der Waals surface area contributed by atoms with E-state index in [1.807, 2.05) is 0 Å². The number of nitrogens with zero attached hydrogens (tertiary/aromatic N) is 1. The maximum Gasteiger partial charge on any atom is 0.510 e. The second kappa shape index (κ2) is 3.17. The van der Waals surface area contributed by atoms with E-state index in [-0.39, 0.29) is 0 Å². The lowest BCUT2D eigenvalue weighted by molar-refractivity contribution is 0.118. The molecule has 0 aromatic carbocycles. The maximum atomic E-state index is 10.5. The third kappa shape index (κ3) is 1.86. The molecule has 0 aromatic heterocycles. The predicted octanol–water partition coefficient (Wildman–Crippen LogP) is 1.78. The molecule has 0 unspecified atom stereocenters. The molecule has 4 nitrogen and oxygen atoms in total. The summed E-state index contributed by atoms with van der Waals surface area (Å²) in [6.07, 6.45) is -3.33. The molecule has 0 amide bonds. The van der Waals surface area contributed by atoms with Crippen molar-refractivity contribution in [3.05, 3.63) is 0 Å². The summed E-state index contributed by atoms with van der Waals surface area (Å²) in [7, 11) is 0. The minimum absolute atomic E-state index is 1.00. The molecule has 1 heterocycles. The predicted molar refractivity (Wildman–Crippen MR) is 41.0 cm³/mol. The summed E-state index contributed by atoms with van der Waals surface area (Å²) in [5.74, 6) is 0. The Labute approximate surface area is 82.9 Å². The summed E-state index contributed by atoms with van der Waals surface area (Å²) in [4.78, 5) is 10.5. The van der Waals surface area contributed by atoms with Crippen LogP contribution in [0.4, 0.5) is 4.79 Å². The van der Waals surface area contributed by atoms with E-state index in [4.69, 9.17) is 40.1 Å². The van der Waals surface area contributed by atoms with Gasteiger partial charge in [0.05, 0.1) is 0 Å². The standard InChI is InChI=1S/C5H2Cl3NO3/c6-5(7,8)3-2(1-9)11-4(10)12-3/h2-3H/t2-,3-/m0/s1. The van der Waals surface area contributed by atoms with Crippen molar-refractivity contribution in [1.29, 1.82) is 5.26 Å². The van der Waals surface area contributed by atoms with Gasteiger partial charge < -0.3 is 9.47 Å². The summed E-state index contributed by atoms with van der Waals surface area (Å²) in [6, 6.07) is 1.63. The van der Waals surface area contributed by atoms with E-state index < -0.39 is 22.2 Å². The molecule has 1 fully saturated rings. The first-order valence-corrected chi connectivity index (χ1v) is 3.92. The van der Waals surface area contributed by atoms with Crippen LogP contribution in [0.2, 0.25) is 0 Å². The minimum Gasteiger partial charge on any atom is -0.421 e. The molecule has 66 valence electrons. The quantitative estimate of drug-likeness (QED) is 0.470. The molecule has 1 aliphatic heterocycles. The number of carbonyl (C=O) groups excluding carboxylic acids is 1. The maximum absolute atomic E-state index is 10.5. The van der Waals surface area contributed by atoms with Gasteiger partial charge in [0.2, 0.25) is 16.0 Å². The van der Waals surface area contributed by atoms with E-state index in [1.54, 1.807) is 6.07 Å². The van der Waals surface area contributed by atoms with E-state index >= 15 is 0 Å². The fraction of sp³-hybridized carbons (Fsp3) is 0.600. The first-order chi connectivity index (χ1) is 5.45. The van der Waals surface area contributed by atoms with Crippen molar-refractivity contribution < 1.29 is 14.3 Å².